The number of hydrogen-bond acceptors (Lipinski definition) is 4. The molecule has 2 heterocycles. The minimum absolute atomic E-state index is 0.0674. The molecule has 25 heavy (non-hydrogen) atoms. The number of nitrogens with two attached hydrogens (primary N) is 1. The van der Waals surface area contributed by atoms with Crippen LogP contribution in [-0.4, -0.2) is 39.1 Å². The number of carbonyl (C=O) groups excluding carboxylic acids is 2. The largest absolute Gasteiger partial charge is 0.370 e. The van der Waals surface area contributed by atoms with Gasteiger partial charge in [0.05, 0.1) is 13.1 Å². The van der Waals surface area contributed by atoms with Gasteiger partial charge in [-0.25, -0.2) is 0 Å². The van der Waals surface area contributed by atoms with E-state index in [0.717, 1.165) is 29.9 Å². The molecule has 1 aromatic rings. The van der Waals surface area contributed by atoms with Crippen LogP contribution in [0, 0.1) is 0 Å². The van der Waals surface area contributed by atoms with Crippen molar-refractivity contribution in [3.05, 3.63) is 35.1 Å². The lowest BCUT2D eigenvalue weighted by Crippen LogP contribution is -2.35. The van der Waals surface area contributed by atoms with Gasteiger partial charge in [-0.1, -0.05) is 23.8 Å². The molecular formula is C18H25N5O2. The number of primary amides is 1. The van der Waals surface area contributed by atoms with E-state index in [-0.39, 0.29) is 24.3 Å². The number of carbonyl (C=O) groups is 2. The normalized spacial score (nSPS) is 19.4. The van der Waals surface area contributed by atoms with Crippen molar-refractivity contribution in [2.45, 2.75) is 52.2 Å². The topological polar surface area (TPSA) is 93.2 Å². The van der Waals surface area contributed by atoms with Crippen LogP contribution in [0.15, 0.2) is 23.8 Å². The van der Waals surface area contributed by atoms with Crippen LogP contribution in [0.4, 0.5) is 5.82 Å². The van der Waals surface area contributed by atoms with Gasteiger partial charge >= 0.3 is 0 Å². The van der Waals surface area contributed by atoms with Gasteiger partial charge in [0.25, 0.3) is 0 Å². The molecule has 0 saturated heterocycles. The average Bonchev–Trinajstić information content (AvgIpc) is 2.90. The van der Waals surface area contributed by atoms with Crippen molar-refractivity contribution in [3.8, 4) is 0 Å². The summed E-state index contributed by atoms with van der Waals surface area (Å²) in [4.78, 5) is 24.7. The van der Waals surface area contributed by atoms with Crippen LogP contribution in [0.3, 0.4) is 0 Å². The van der Waals surface area contributed by atoms with E-state index in [1.54, 1.807) is 6.92 Å². The highest BCUT2D eigenvalue weighted by molar-refractivity contribution is 5.74. The molecular weight excluding hydrogens is 318 g/mol. The quantitative estimate of drug-likeness (QED) is 0.844. The first-order valence-electron chi connectivity index (χ1n) is 8.67. The van der Waals surface area contributed by atoms with Crippen molar-refractivity contribution in [1.29, 1.82) is 0 Å². The second-order valence-corrected chi connectivity index (χ2v) is 6.76. The zero-order valence-corrected chi connectivity index (χ0v) is 14.8. The van der Waals surface area contributed by atoms with E-state index in [1.165, 1.54) is 5.57 Å². The second kappa shape index (κ2) is 7.13. The third-order valence-corrected chi connectivity index (χ3v) is 4.74. The third kappa shape index (κ3) is 3.92. The lowest BCUT2D eigenvalue weighted by atomic mass is 10.0. The molecule has 0 fully saturated rings. The van der Waals surface area contributed by atoms with Crippen molar-refractivity contribution < 1.29 is 9.59 Å². The minimum Gasteiger partial charge on any atom is -0.370 e. The van der Waals surface area contributed by atoms with Crippen molar-refractivity contribution in [3.63, 3.8) is 0 Å². The zero-order chi connectivity index (χ0) is 18.0. The van der Waals surface area contributed by atoms with E-state index in [4.69, 9.17) is 5.73 Å². The van der Waals surface area contributed by atoms with Crippen LogP contribution in [0.2, 0.25) is 0 Å². The maximum absolute atomic E-state index is 11.8. The molecule has 1 unspecified atom stereocenters. The van der Waals surface area contributed by atoms with Crippen molar-refractivity contribution in [2.75, 3.05) is 11.9 Å². The van der Waals surface area contributed by atoms with Crippen molar-refractivity contribution >= 4 is 17.6 Å². The summed E-state index contributed by atoms with van der Waals surface area (Å²) < 4.78 is 1.87. The Balaban J connectivity index is 1.85. The Morgan fingerprint density at radius 1 is 1.44 bits per heavy atom. The van der Waals surface area contributed by atoms with Crippen LogP contribution in [0.1, 0.15) is 37.9 Å². The summed E-state index contributed by atoms with van der Waals surface area (Å²) in [5.74, 6) is 0.531. The fourth-order valence-corrected chi connectivity index (χ4v) is 3.39. The number of nitrogens with one attached hydrogen (secondary N) is 1. The van der Waals surface area contributed by atoms with Gasteiger partial charge in [0, 0.05) is 43.6 Å². The molecule has 134 valence electrons. The first kappa shape index (κ1) is 17.3. The predicted molar refractivity (Wildman–Crippen MR) is 95.8 cm³/mol. The maximum Gasteiger partial charge on any atom is 0.219 e. The molecule has 1 aliphatic carbocycles. The SMILES string of the molecule is CC(=O)N1CCc2c(c(NC3C=CC=C(C)C3)nn2CCC(N)=O)C1. The zero-order valence-electron chi connectivity index (χ0n) is 14.8. The van der Waals surface area contributed by atoms with E-state index >= 15 is 0 Å². The molecule has 0 aromatic carbocycles. The number of anilines is 1. The Hall–Kier alpha value is -2.57. The third-order valence-electron chi connectivity index (χ3n) is 4.74. The van der Waals surface area contributed by atoms with Crippen LogP contribution >= 0.6 is 0 Å². The monoisotopic (exact) mass is 343 g/mol. The molecule has 1 aliphatic heterocycles. The number of aryl methyl sites for hydroxylation is 1. The number of allylic oxidation sites excluding steroid dienone is 2. The molecule has 7 heteroatoms. The Morgan fingerprint density at radius 3 is 2.92 bits per heavy atom. The molecule has 3 N–H and O–H groups in total. The lowest BCUT2D eigenvalue weighted by molar-refractivity contribution is -0.129. The Kier molecular flexibility index (Phi) is 4.92. The summed E-state index contributed by atoms with van der Waals surface area (Å²) in [6.45, 7) is 5.40. The summed E-state index contributed by atoms with van der Waals surface area (Å²) in [5, 5.41) is 8.18. The first-order valence-corrected chi connectivity index (χ1v) is 8.67. The summed E-state index contributed by atoms with van der Waals surface area (Å²) in [6, 6.07) is 0.182. The Labute approximate surface area is 147 Å². The summed E-state index contributed by atoms with van der Waals surface area (Å²) in [6.07, 6.45) is 8.20. The summed E-state index contributed by atoms with van der Waals surface area (Å²) >= 11 is 0. The van der Waals surface area contributed by atoms with E-state index < -0.39 is 0 Å². The molecule has 0 saturated carbocycles. The van der Waals surface area contributed by atoms with Gasteiger partial charge in [0.1, 0.15) is 0 Å². The van der Waals surface area contributed by atoms with Gasteiger partial charge in [-0.05, 0) is 13.3 Å². The number of amides is 2. The second-order valence-electron chi connectivity index (χ2n) is 6.76. The molecule has 7 nitrogen and oxygen atoms in total. The molecule has 1 aromatic heterocycles. The molecule has 0 radical (unpaired) electrons. The predicted octanol–water partition coefficient (Wildman–Crippen LogP) is 1.35. The molecule has 2 amide bonds. The summed E-state index contributed by atoms with van der Waals surface area (Å²) in [5.41, 5.74) is 8.74. The first-order chi connectivity index (χ1) is 11.9. The molecule has 3 rings (SSSR count). The van der Waals surface area contributed by atoms with Crippen LogP contribution in [0.25, 0.3) is 0 Å². The van der Waals surface area contributed by atoms with Crippen LogP contribution in [-0.2, 0) is 29.1 Å². The molecule has 0 spiro atoms. The standard InChI is InChI=1S/C18H25N5O2/c1-12-4-3-5-14(10-12)20-18-15-11-22(13(2)24)8-6-16(15)23(21-18)9-7-17(19)25/h3-5,14H,6-11H2,1-2H3,(H2,19,25)(H,20,21). The van der Waals surface area contributed by atoms with E-state index in [1.807, 2.05) is 9.58 Å². The fraction of sp³-hybridized carbons (Fsp3) is 0.500. The van der Waals surface area contributed by atoms with Gasteiger partial charge in [0.15, 0.2) is 5.82 Å². The van der Waals surface area contributed by atoms with Crippen molar-refractivity contribution in [1.82, 2.24) is 14.7 Å². The number of fused-ring (bicyclic) bond motifs is 1. The molecule has 0 bridgehead atoms. The lowest BCUT2D eigenvalue weighted by Gasteiger charge is -2.27. The number of aromatic nitrogens is 2. The number of nitrogens with zero attached hydrogens (tertiary/aromatic N) is 3. The highest BCUT2D eigenvalue weighted by Crippen LogP contribution is 2.28. The van der Waals surface area contributed by atoms with Crippen molar-refractivity contribution in [2.24, 2.45) is 5.73 Å². The fourth-order valence-electron chi connectivity index (χ4n) is 3.39. The highest BCUT2D eigenvalue weighted by atomic mass is 16.2. The van der Waals surface area contributed by atoms with Gasteiger partial charge in [0.2, 0.25) is 11.8 Å². The Morgan fingerprint density at radius 2 is 2.24 bits per heavy atom. The van der Waals surface area contributed by atoms with E-state index in [9.17, 15) is 9.59 Å². The average molecular weight is 343 g/mol. The van der Waals surface area contributed by atoms with Crippen LogP contribution < -0.4 is 11.1 Å². The van der Waals surface area contributed by atoms with Gasteiger partial charge in [-0.2, -0.15) is 5.10 Å². The number of hydrogen-bond donors (Lipinski definition) is 2. The van der Waals surface area contributed by atoms with Gasteiger partial charge < -0.3 is 16.0 Å². The molecule has 2 aliphatic rings. The smallest absolute Gasteiger partial charge is 0.219 e. The minimum atomic E-state index is -0.337. The maximum atomic E-state index is 11.8. The molecule has 1 atom stereocenters. The van der Waals surface area contributed by atoms with Gasteiger partial charge in [-0.3, -0.25) is 14.3 Å². The summed E-state index contributed by atoms with van der Waals surface area (Å²) in [7, 11) is 0. The van der Waals surface area contributed by atoms with Gasteiger partial charge in [-0.15, -0.1) is 0 Å². The van der Waals surface area contributed by atoms with E-state index in [2.05, 4.69) is 35.6 Å². The highest BCUT2D eigenvalue weighted by Gasteiger charge is 2.27. The Bertz CT molecular complexity index is 747. The number of rotatable bonds is 5. The van der Waals surface area contributed by atoms with Crippen LogP contribution in [0.5, 0.6) is 0 Å². The van der Waals surface area contributed by atoms with E-state index in [0.29, 0.717) is 19.6 Å².